The zero-order valence-electron chi connectivity index (χ0n) is 18.6. The molecule has 1 amide bonds. The maximum absolute atomic E-state index is 13.1. The second-order valence-electron chi connectivity index (χ2n) is 7.96. The normalized spacial score (nSPS) is 15.4. The Hall–Kier alpha value is -2.58. The van der Waals surface area contributed by atoms with Gasteiger partial charge in [0.15, 0.2) is 0 Å². The number of hydrogen-bond donors (Lipinski definition) is 1. The van der Waals surface area contributed by atoms with Crippen LogP contribution in [0.3, 0.4) is 0 Å². The number of carbonyl (C=O) groups is 1. The van der Waals surface area contributed by atoms with Crippen molar-refractivity contribution in [3.8, 4) is 0 Å². The largest absolute Gasteiger partial charge is 0.378 e. The van der Waals surface area contributed by atoms with Crippen LogP contribution in [0.4, 0.5) is 17.1 Å². The summed E-state index contributed by atoms with van der Waals surface area (Å²) in [6.07, 6.45) is 1.48. The highest BCUT2D eigenvalue weighted by molar-refractivity contribution is 7.92. The number of amides is 1. The number of rotatable bonds is 7. The third-order valence-corrected chi connectivity index (χ3v) is 6.48. The maximum atomic E-state index is 13.1. The number of anilines is 3. The molecule has 1 heterocycles. The molecule has 0 saturated carbocycles. The number of benzene rings is 2. The minimum Gasteiger partial charge on any atom is -0.378 e. The van der Waals surface area contributed by atoms with E-state index in [0.29, 0.717) is 31.0 Å². The first-order chi connectivity index (χ1) is 14.7. The summed E-state index contributed by atoms with van der Waals surface area (Å²) in [4.78, 5) is 15.3. The highest BCUT2D eigenvalue weighted by Crippen LogP contribution is 2.26. The first kappa shape index (κ1) is 23.1. The fourth-order valence-corrected chi connectivity index (χ4v) is 5.14. The molecule has 0 spiro atoms. The number of sulfonamides is 1. The van der Waals surface area contributed by atoms with Crippen LogP contribution in [0.25, 0.3) is 0 Å². The summed E-state index contributed by atoms with van der Waals surface area (Å²) in [6, 6.07) is 12.3. The number of hydrogen-bond acceptors (Lipinski definition) is 5. The lowest BCUT2D eigenvalue weighted by Gasteiger charge is -2.31. The minimum atomic E-state index is -3.67. The van der Waals surface area contributed by atoms with E-state index in [1.165, 1.54) is 4.31 Å². The maximum Gasteiger partial charge on any atom is 0.248 e. The van der Waals surface area contributed by atoms with Crippen molar-refractivity contribution in [3.05, 3.63) is 53.6 Å². The van der Waals surface area contributed by atoms with Crippen LogP contribution in [-0.2, 0) is 19.6 Å². The molecule has 1 saturated heterocycles. The third-order valence-electron chi connectivity index (χ3n) is 5.30. The predicted octanol–water partition coefficient (Wildman–Crippen LogP) is 3.32. The fraction of sp³-hybridized carbons (Fsp3) is 0.435. The molecule has 31 heavy (non-hydrogen) atoms. The van der Waals surface area contributed by atoms with Crippen molar-refractivity contribution in [2.75, 3.05) is 47.1 Å². The fourth-order valence-electron chi connectivity index (χ4n) is 3.94. The Morgan fingerprint density at radius 1 is 1.10 bits per heavy atom. The molecule has 1 fully saturated rings. The number of nitrogens with zero attached hydrogens (tertiary/aromatic N) is 2. The highest BCUT2D eigenvalue weighted by Gasteiger charge is 2.31. The van der Waals surface area contributed by atoms with Gasteiger partial charge < -0.3 is 15.0 Å². The number of morpholine rings is 1. The van der Waals surface area contributed by atoms with Gasteiger partial charge in [0.2, 0.25) is 15.9 Å². The molecule has 0 aromatic heterocycles. The summed E-state index contributed by atoms with van der Waals surface area (Å²) >= 11 is 0. The average Bonchev–Trinajstić information content (AvgIpc) is 2.71. The van der Waals surface area contributed by atoms with Crippen molar-refractivity contribution >= 4 is 33.0 Å². The Bertz CT molecular complexity index is 995. The first-order valence-corrected chi connectivity index (χ1v) is 12.3. The van der Waals surface area contributed by atoms with Gasteiger partial charge in [0.1, 0.15) is 6.04 Å². The molecule has 1 N–H and O–H groups in total. The molecular formula is C23H31N3O4S. The Kier molecular flexibility index (Phi) is 7.23. The van der Waals surface area contributed by atoms with E-state index < -0.39 is 16.1 Å². The SMILES string of the molecule is CCC(C(=O)Nc1ccc(N2CCOCC2)cc1)N(c1cc(C)cc(C)c1)S(C)(=O)=O. The number of ether oxygens (including phenoxy) is 1. The second-order valence-corrected chi connectivity index (χ2v) is 9.82. The van der Waals surface area contributed by atoms with E-state index in [9.17, 15) is 13.2 Å². The number of aryl methyl sites for hydroxylation is 2. The molecule has 168 valence electrons. The van der Waals surface area contributed by atoms with Gasteiger partial charge in [-0.15, -0.1) is 0 Å². The van der Waals surface area contributed by atoms with Gasteiger partial charge >= 0.3 is 0 Å². The molecule has 2 aromatic rings. The molecule has 3 rings (SSSR count). The van der Waals surface area contributed by atoms with Crippen molar-refractivity contribution in [3.63, 3.8) is 0 Å². The van der Waals surface area contributed by atoms with E-state index in [0.717, 1.165) is 36.2 Å². The predicted molar refractivity (Wildman–Crippen MR) is 125 cm³/mol. The van der Waals surface area contributed by atoms with Crippen LogP contribution in [0, 0.1) is 13.8 Å². The lowest BCUT2D eigenvalue weighted by Crippen LogP contribution is -2.47. The zero-order chi connectivity index (χ0) is 22.6. The highest BCUT2D eigenvalue weighted by atomic mass is 32.2. The van der Waals surface area contributed by atoms with E-state index in [-0.39, 0.29) is 5.91 Å². The Labute approximate surface area is 185 Å². The number of carbonyl (C=O) groups excluding carboxylic acids is 1. The van der Waals surface area contributed by atoms with Gasteiger partial charge in [-0.1, -0.05) is 13.0 Å². The van der Waals surface area contributed by atoms with Crippen molar-refractivity contribution < 1.29 is 17.9 Å². The molecule has 0 aliphatic carbocycles. The lowest BCUT2D eigenvalue weighted by molar-refractivity contribution is -0.117. The smallest absolute Gasteiger partial charge is 0.248 e. The van der Waals surface area contributed by atoms with E-state index >= 15 is 0 Å². The van der Waals surface area contributed by atoms with Crippen molar-refractivity contribution in [2.24, 2.45) is 0 Å². The van der Waals surface area contributed by atoms with Crippen LogP contribution in [0.15, 0.2) is 42.5 Å². The van der Waals surface area contributed by atoms with E-state index in [2.05, 4.69) is 10.2 Å². The Morgan fingerprint density at radius 3 is 2.19 bits per heavy atom. The summed E-state index contributed by atoms with van der Waals surface area (Å²) in [5, 5.41) is 2.89. The molecule has 1 aliphatic rings. The zero-order valence-corrected chi connectivity index (χ0v) is 19.4. The van der Waals surface area contributed by atoms with Gasteiger partial charge in [0.05, 0.1) is 25.2 Å². The quantitative estimate of drug-likeness (QED) is 0.707. The lowest BCUT2D eigenvalue weighted by atomic mass is 10.1. The van der Waals surface area contributed by atoms with E-state index in [1.54, 1.807) is 12.1 Å². The van der Waals surface area contributed by atoms with Gasteiger partial charge in [0.25, 0.3) is 0 Å². The van der Waals surface area contributed by atoms with Crippen molar-refractivity contribution in [2.45, 2.75) is 33.2 Å². The molecule has 1 unspecified atom stereocenters. The molecule has 1 atom stereocenters. The van der Waals surface area contributed by atoms with E-state index in [4.69, 9.17) is 4.74 Å². The van der Waals surface area contributed by atoms with Gasteiger partial charge in [-0.3, -0.25) is 9.10 Å². The standard InChI is InChI=1S/C23H31N3O4S/c1-5-22(26(31(4,28)29)21-15-17(2)14-18(3)16-21)23(27)24-19-6-8-20(9-7-19)25-10-12-30-13-11-25/h6-9,14-16,22H,5,10-13H2,1-4H3,(H,24,27). The Balaban J connectivity index is 1.81. The summed E-state index contributed by atoms with van der Waals surface area (Å²) < 4.78 is 31.9. The molecule has 0 bridgehead atoms. The van der Waals surface area contributed by atoms with Crippen LogP contribution < -0.4 is 14.5 Å². The molecular weight excluding hydrogens is 414 g/mol. The summed E-state index contributed by atoms with van der Waals surface area (Å²) in [7, 11) is -3.67. The van der Waals surface area contributed by atoms with E-state index in [1.807, 2.05) is 51.1 Å². The van der Waals surface area contributed by atoms with Crippen LogP contribution >= 0.6 is 0 Å². The van der Waals surface area contributed by atoms with Crippen molar-refractivity contribution in [1.29, 1.82) is 0 Å². The summed E-state index contributed by atoms with van der Waals surface area (Å²) in [5.41, 5.74) is 4.09. The monoisotopic (exact) mass is 445 g/mol. The molecule has 2 aromatic carbocycles. The third kappa shape index (κ3) is 5.77. The Morgan fingerprint density at radius 2 is 1.68 bits per heavy atom. The molecule has 0 radical (unpaired) electrons. The van der Waals surface area contributed by atoms with Gasteiger partial charge in [-0.2, -0.15) is 0 Å². The topological polar surface area (TPSA) is 79.0 Å². The van der Waals surface area contributed by atoms with Gasteiger partial charge in [-0.05, 0) is 67.8 Å². The molecule has 1 aliphatic heterocycles. The minimum absolute atomic E-state index is 0.345. The molecule has 8 heteroatoms. The summed E-state index contributed by atoms with van der Waals surface area (Å²) in [6.45, 7) is 8.72. The van der Waals surface area contributed by atoms with Crippen LogP contribution in [-0.4, -0.2) is 52.9 Å². The van der Waals surface area contributed by atoms with Gasteiger partial charge in [0, 0.05) is 24.5 Å². The number of nitrogens with one attached hydrogen (secondary N) is 1. The second kappa shape index (κ2) is 9.70. The van der Waals surface area contributed by atoms with Crippen molar-refractivity contribution in [1.82, 2.24) is 0 Å². The van der Waals surface area contributed by atoms with Gasteiger partial charge in [-0.25, -0.2) is 8.42 Å². The van der Waals surface area contributed by atoms with Crippen LogP contribution in [0.2, 0.25) is 0 Å². The summed E-state index contributed by atoms with van der Waals surface area (Å²) in [5.74, 6) is -0.355. The molecule has 7 nitrogen and oxygen atoms in total. The van der Waals surface area contributed by atoms with Crippen LogP contribution in [0.5, 0.6) is 0 Å². The average molecular weight is 446 g/mol. The first-order valence-electron chi connectivity index (χ1n) is 10.5. The van der Waals surface area contributed by atoms with Crippen LogP contribution in [0.1, 0.15) is 24.5 Å².